The van der Waals surface area contributed by atoms with E-state index in [1.165, 1.54) is 6.92 Å². The predicted octanol–water partition coefficient (Wildman–Crippen LogP) is 2.87. The Morgan fingerprint density at radius 2 is 2.00 bits per heavy atom. The molecule has 1 aliphatic rings. The number of benzene rings is 1. The molecule has 0 bridgehead atoms. The molecule has 1 fully saturated rings. The molecule has 116 valence electrons. The maximum absolute atomic E-state index is 11.8. The molecular weight excluding hydrogens is 290 g/mol. The maximum Gasteiger partial charge on any atom is 0.163 e. The summed E-state index contributed by atoms with van der Waals surface area (Å²) in [7, 11) is 0. The van der Waals surface area contributed by atoms with Crippen LogP contribution in [0.5, 0.6) is 5.75 Å². The summed E-state index contributed by atoms with van der Waals surface area (Å²) in [5.41, 5.74) is 2.46. The van der Waals surface area contributed by atoms with Crippen LogP contribution in [0.25, 0.3) is 0 Å². The Morgan fingerprint density at radius 1 is 1.33 bits per heavy atom. The molecule has 0 amide bonds. The summed E-state index contributed by atoms with van der Waals surface area (Å²) in [6.07, 6.45) is 0. The highest BCUT2D eigenvalue weighted by molar-refractivity contribution is 6.32. The van der Waals surface area contributed by atoms with Crippen LogP contribution in [0.4, 0.5) is 0 Å². The Kier molecular flexibility index (Phi) is 5.62. The predicted molar refractivity (Wildman–Crippen MR) is 83.7 cm³/mol. The number of carbonyl (C=O) groups is 1. The van der Waals surface area contributed by atoms with Crippen molar-refractivity contribution >= 4 is 17.4 Å². The van der Waals surface area contributed by atoms with Gasteiger partial charge in [0.25, 0.3) is 0 Å². The molecule has 0 aromatic heterocycles. The Hall–Kier alpha value is -1.10. The lowest BCUT2D eigenvalue weighted by Crippen LogP contribution is -2.38. The van der Waals surface area contributed by atoms with Gasteiger partial charge in [-0.1, -0.05) is 11.6 Å². The van der Waals surface area contributed by atoms with Gasteiger partial charge in [0.15, 0.2) is 5.78 Å². The lowest BCUT2D eigenvalue weighted by Gasteiger charge is -2.26. The van der Waals surface area contributed by atoms with Gasteiger partial charge >= 0.3 is 0 Å². The summed E-state index contributed by atoms with van der Waals surface area (Å²) in [6.45, 7) is 10.2. The second kappa shape index (κ2) is 7.25. The minimum absolute atomic E-state index is 0.0265. The van der Waals surface area contributed by atoms with E-state index in [0.29, 0.717) is 22.9 Å². The van der Waals surface area contributed by atoms with Gasteiger partial charge in [0, 0.05) is 24.7 Å². The van der Waals surface area contributed by atoms with Crippen LogP contribution in [-0.4, -0.2) is 50.1 Å². The molecule has 5 heteroatoms. The molecule has 0 aliphatic carbocycles. The molecule has 0 unspecified atom stereocenters. The first-order valence-electron chi connectivity index (χ1n) is 7.24. The van der Waals surface area contributed by atoms with Crippen molar-refractivity contribution in [3.63, 3.8) is 0 Å². The molecule has 1 heterocycles. The highest BCUT2D eigenvalue weighted by atomic mass is 35.5. The molecule has 0 atom stereocenters. The summed E-state index contributed by atoms with van der Waals surface area (Å²) in [5.74, 6) is 0.638. The number of nitrogens with zero attached hydrogens (tertiary/aromatic N) is 1. The van der Waals surface area contributed by atoms with Gasteiger partial charge in [-0.2, -0.15) is 0 Å². The number of ether oxygens (including phenoxy) is 2. The van der Waals surface area contributed by atoms with E-state index in [-0.39, 0.29) is 5.78 Å². The molecule has 1 aromatic carbocycles. The van der Waals surface area contributed by atoms with Crippen LogP contribution in [0.1, 0.15) is 28.4 Å². The smallest absolute Gasteiger partial charge is 0.163 e. The third kappa shape index (κ3) is 3.96. The van der Waals surface area contributed by atoms with E-state index in [4.69, 9.17) is 21.1 Å². The first-order chi connectivity index (χ1) is 10.0. The molecule has 2 rings (SSSR count). The van der Waals surface area contributed by atoms with Crippen molar-refractivity contribution in [1.29, 1.82) is 0 Å². The van der Waals surface area contributed by atoms with Gasteiger partial charge < -0.3 is 9.47 Å². The van der Waals surface area contributed by atoms with Gasteiger partial charge in [0.1, 0.15) is 12.4 Å². The van der Waals surface area contributed by atoms with Crippen molar-refractivity contribution < 1.29 is 14.3 Å². The Bertz CT molecular complexity index is 525. The van der Waals surface area contributed by atoms with Crippen molar-refractivity contribution in [2.24, 2.45) is 0 Å². The normalized spacial score (nSPS) is 16.0. The van der Waals surface area contributed by atoms with Crippen molar-refractivity contribution in [3.8, 4) is 5.75 Å². The minimum atomic E-state index is -0.0265. The van der Waals surface area contributed by atoms with Gasteiger partial charge in [-0.25, -0.2) is 0 Å². The topological polar surface area (TPSA) is 38.8 Å². The van der Waals surface area contributed by atoms with E-state index in [2.05, 4.69) is 4.90 Å². The first-order valence-corrected chi connectivity index (χ1v) is 7.62. The minimum Gasteiger partial charge on any atom is -0.491 e. The summed E-state index contributed by atoms with van der Waals surface area (Å²) in [5, 5.41) is 0.609. The fraction of sp³-hybridized carbons (Fsp3) is 0.562. The monoisotopic (exact) mass is 311 g/mol. The van der Waals surface area contributed by atoms with Crippen molar-refractivity contribution in [2.75, 3.05) is 39.5 Å². The molecule has 0 spiro atoms. The molecule has 1 aliphatic heterocycles. The number of carbonyl (C=O) groups excluding carboxylic acids is 1. The zero-order valence-electron chi connectivity index (χ0n) is 12.9. The standard InChI is InChI=1S/C16H22ClNO3/c1-11-12(2)16(14(13(3)19)10-15(11)17)21-9-6-18-4-7-20-8-5-18/h10H,4-9H2,1-3H3. The lowest BCUT2D eigenvalue weighted by molar-refractivity contribution is 0.0321. The molecule has 4 nitrogen and oxygen atoms in total. The number of hydrogen-bond acceptors (Lipinski definition) is 4. The molecule has 1 saturated heterocycles. The second-order valence-electron chi connectivity index (χ2n) is 5.34. The zero-order chi connectivity index (χ0) is 15.4. The van der Waals surface area contributed by atoms with Crippen LogP contribution in [0.2, 0.25) is 5.02 Å². The SMILES string of the molecule is CC(=O)c1cc(Cl)c(C)c(C)c1OCCN1CCOCC1. The summed E-state index contributed by atoms with van der Waals surface area (Å²) in [6, 6.07) is 1.70. The van der Waals surface area contributed by atoms with E-state index >= 15 is 0 Å². The Balaban J connectivity index is 2.07. The fourth-order valence-electron chi connectivity index (χ4n) is 2.40. The van der Waals surface area contributed by atoms with Crippen molar-refractivity contribution in [3.05, 3.63) is 27.8 Å². The van der Waals surface area contributed by atoms with Crippen LogP contribution in [0.3, 0.4) is 0 Å². The fourth-order valence-corrected chi connectivity index (χ4v) is 2.65. The summed E-state index contributed by atoms with van der Waals surface area (Å²) in [4.78, 5) is 14.1. The highest BCUT2D eigenvalue weighted by Crippen LogP contribution is 2.32. The second-order valence-corrected chi connectivity index (χ2v) is 5.75. The number of ketones is 1. The summed E-state index contributed by atoms with van der Waals surface area (Å²) < 4.78 is 11.2. The van der Waals surface area contributed by atoms with Gasteiger partial charge in [0.05, 0.1) is 18.8 Å². The average molecular weight is 312 g/mol. The largest absolute Gasteiger partial charge is 0.491 e. The Morgan fingerprint density at radius 3 is 2.62 bits per heavy atom. The third-order valence-corrected chi connectivity index (χ3v) is 4.31. The molecule has 0 saturated carbocycles. The molecule has 0 N–H and O–H groups in total. The molecule has 1 aromatic rings. The first kappa shape index (κ1) is 16.3. The number of morpholine rings is 1. The van der Waals surface area contributed by atoms with Gasteiger partial charge in [-0.15, -0.1) is 0 Å². The van der Waals surface area contributed by atoms with E-state index in [9.17, 15) is 4.79 Å². The van der Waals surface area contributed by atoms with Crippen LogP contribution in [0.15, 0.2) is 6.07 Å². The quantitative estimate of drug-likeness (QED) is 0.784. The van der Waals surface area contributed by atoms with Gasteiger partial charge in [0.2, 0.25) is 0 Å². The van der Waals surface area contributed by atoms with E-state index < -0.39 is 0 Å². The number of halogens is 1. The van der Waals surface area contributed by atoms with Crippen LogP contribution in [-0.2, 0) is 4.74 Å². The zero-order valence-corrected chi connectivity index (χ0v) is 13.6. The van der Waals surface area contributed by atoms with Gasteiger partial charge in [-0.05, 0) is 38.0 Å². The average Bonchev–Trinajstić information content (AvgIpc) is 2.47. The molecular formula is C16H22ClNO3. The van der Waals surface area contributed by atoms with E-state index in [1.54, 1.807) is 6.07 Å². The number of Topliss-reactive ketones (excluding diaryl/α,β-unsaturated/α-hetero) is 1. The molecule has 0 radical (unpaired) electrons. The van der Waals surface area contributed by atoms with E-state index in [0.717, 1.165) is 44.0 Å². The van der Waals surface area contributed by atoms with Crippen LogP contribution < -0.4 is 4.74 Å². The van der Waals surface area contributed by atoms with Crippen LogP contribution >= 0.6 is 11.6 Å². The van der Waals surface area contributed by atoms with Gasteiger partial charge in [-0.3, -0.25) is 9.69 Å². The number of rotatable bonds is 5. The third-order valence-electron chi connectivity index (χ3n) is 3.91. The maximum atomic E-state index is 11.8. The van der Waals surface area contributed by atoms with Crippen LogP contribution in [0, 0.1) is 13.8 Å². The van der Waals surface area contributed by atoms with Crippen molar-refractivity contribution in [1.82, 2.24) is 4.90 Å². The summed E-state index contributed by atoms with van der Waals surface area (Å²) >= 11 is 6.16. The van der Waals surface area contributed by atoms with E-state index in [1.807, 2.05) is 13.8 Å². The Labute approximate surface area is 131 Å². The molecule has 21 heavy (non-hydrogen) atoms. The highest BCUT2D eigenvalue weighted by Gasteiger charge is 2.17. The van der Waals surface area contributed by atoms with Crippen molar-refractivity contribution in [2.45, 2.75) is 20.8 Å². The number of hydrogen-bond donors (Lipinski definition) is 0. The lowest BCUT2D eigenvalue weighted by atomic mass is 10.0.